The molecule has 6 heteroatoms. The second-order valence-electron chi connectivity index (χ2n) is 9.09. The van der Waals surface area contributed by atoms with E-state index in [-0.39, 0.29) is 24.3 Å². The number of hydrogen-bond donors (Lipinski definition) is 1. The molecule has 0 fully saturated rings. The summed E-state index contributed by atoms with van der Waals surface area (Å²) < 4.78 is 7.12. The summed E-state index contributed by atoms with van der Waals surface area (Å²) in [5.41, 5.74) is 4.69. The molecule has 0 aliphatic rings. The molecule has 0 aliphatic carbocycles. The predicted octanol–water partition coefficient (Wildman–Crippen LogP) is 6.75. The Morgan fingerprint density at radius 1 is 0.868 bits per heavy atom. The van der Waals surface area contributed by atoms with Gasteiger partial charge in [0.25, 0.3) is 5.91 Å². The molecule has 190 valence electrons. The SMILES string of the molecule is COc1ccc2c(c1)c(CC(=O)NC(c1ccccc1)c1ccccc1)c(C)n2C(=O)c1ccc(Cl)cc1. The van der Waals surface area contributed by atoms with Gasteiger partial charge in [-0.15, -0.1) is 0 Å². The van der Waals surface area contributed by atoms with Crippen molar-refractivity contribution >= 4 is 34.3 Å². The molecule has 0 saturated carbocycles. The van der Waals surface area contributed by atoms with Crippen LogP contribution in [-0.2, 0) is 11.2 Å². The molecule has 1 N–H and O–H groups in total. The van der Waals surface area contributed by atoms with E-state index in [1.54, 1.807) is 35.9 Å². The van der Waals surface area contributed by atoms with E-state index in [9.17, 15) is 9.59 Å². The van der Waals surface area contributed by atoms with E-state index in [0.717, 1.165) is 22.1 Å². The molecular formula is C32H27ClN2O3. The van der Waals surface area contributed by atoms with Crippen LogP contribution in [0.25, 0.3) is 10.9 Å². The molecule has 0 atom stereocenters. The third kappa shape index (κ3) is 5.06. The highest BCUT2D eigenvalue weighted by Crippen LogP contribution is 2.31. The lowest BCUT2D eigenvalue weighted by molar-refractivity contribution is -0.120. The van der Waals surface area contributed by atoms with Gasteiger partial charge in [-0.3, -0.25) is 14.2 Å². The first-order chi connectivity index (χ1) is 18.5. The highest BCUT2D eigenvalue weighted by atomic mass is 35.5. The highest BCUT2D eigenvalue weighted by Gasteiger charge is 2.24. The Kier molecular flexibility index (Phi) is 7.29. The Bertz CT molecular complexity index is 1550. The van der Waals surface area contributed by atoms with E-state index < -0.39 is 0 Å². The Labute approximate surface area is 226 Å². The number of carbonyl (C=O) groups is 2. The lowest BCUT2D eigenvalue weighted by Crippen LogP contribution is -2.30. The summed E-state index contributed by atoms with van der Waals surface area (Å²) in [4.78, 5) is 27.1. The van der Waals surface area contributed by atoms with Crippen LogP contribution >= 0.6 is 11.6 Å². The van der Waals surface area contributed by atoms with E-state index in [2.05, 4.69) is 5.32 Å². The van der Waals surface area contributed by atoms with Gasteiger partial charge in [-0.25, -0.2) is 0 Å². The summed E-state index contributed by atoms with van der Waals surface area (Å²) in [7, 11) is 1.60. The molecule has 38 heavy (non-hydrogen) atoms. The third-order valence-electron chi connectivity index (χ3n) is 6.74. The summed E-state index contributed by atoms with van der Waals surface area (Å²) in [5, 5.41) is 4.58. The van der Waals surface area contributed by atoms with Crippen molar-refractivity contribution in [3.8, 4) is 5.75 Å². The zero-order valence-corrected chi connectivity index (χ0v) is 21.9. The van der Waals surface area contributed by atoms with E-state index in [1.165, 1.54) is 0 Å². The molecule has 0 bridgehead atoms. The number of aromatic nitrogens is 1. The average molecular weight is 523 g/mol. The van der Waals surface area contributed by atoms with E-state index in [4.69, 9.17) is 16.3 Å². The van der Waals surface area contributed by atoms with Crippen molar-refractivity contribution < 1.29 is 14.3 Å². The molecular weight excluding hydrogens is 496 g/mol. The molecule has 1 amide bonds. The number of nitrogens with one attached hydrogen (secondary N) is 1. The Morgan fingerprint density at radius 3 is 2.05 bits per heavy atom. The van der Waals surface area contributed by atoms with Crippen molar-refractivity contribution in [2.24, 2.45) is 0 Å². The van der Waals surface area contributed by atoms with E-state index in [1.807, 2.05) is 85.8 Å². The maximum absolute atomic E-state index is 13.6. The molecule has 1 heterocycles. The Hall–Kier alpha value is -4.35. The number of benzene rings is 4. The van der Waals surface area contributed by atoms with Gasteiger partial charge >= 0.3 is 0 Å². The minimum Gasteiger partial charge on any atom is -0.497 e. The zero-order valence-electron chi connectivity index (χ0n) is 21.1. The van der Waals surface area contributed by atoms with Crippen molar-refractivity contribution in [3.05, 3.63) is 136 Å². The van der Waals surface area contributed by atoms with Crippen molar-refractivity contribution in [3.63, 3.8) is 0 Å². The molecule has 0 saturated heterocycles. The number of halogens is 1. The summed E-state index contributed by atoms with van der Waals surface area (Å²) >= 11 is 6.04. The minimum absolute atomic E-state index is 0.104. The van der Waals surface area contributed by atoms with Gasteiger partial charge in [-0.2, -0.15) is 0 Å². The van der Waals surface area contributed by atoms with Crippen LogP contribution in [-0.4, -0.2) is 23.5 Å². The first-order valence-electron chi connectivity index (χ1n) is 12.3. The number of rotatable bonds is 7. The molecule has 5 rings (SSSR count). The Balaban J connectivity index is 1.53. The number of carbonyl (C=O) groups excluding carboxylic acids is 2. The number of ether oxygens (including phenoxy) is 1. The number of nitrogens with zero attached hydrogens (tertiary/aromatic N) is 1. The quantitative estimate of drug-likeness (QED) is 0.257. The molecule has 5 nitrogen and oxygen atoms in total. The standard InChI is InChI=1S/C32H27ClN2O3/c1-21-27(20-30(36)34-31(22-9-5-3-6-10-22)23-11-7-4-8-12-23)28-19-26(38-2)17-18-29(28)35(21)32(37)24-13-15-25(33)16-14-24/h3-19,31H,20H2,1-2H3,(H,34,36). The fourth-order valence-corrected chi connectivity index (χ4v) is 4.94. The average Bonchev–Trinajstić information content (AvgIpc) is 3.22. The summed E-state index contributed by atoms with van der Waals surface area (Å²) in [6.07, 6.45) is 0.104. The van der Waals surface area contributed by atoms with Crippen LogP contribution in [0.15, 0.2) is 103 Å². The van der Waals surface area contributed by atoms with Gasteiger partial charge < -0.3 is 10.1 Å². The van der Waals surface area contributed by atoms with Crippen LogP contribution in [0.5, 0.6) is 5.75 Å². The molecule has 4 aromatic carbocycles. The van der Waals surface area contributed by atoms with Crippen LogP contribution in [0.2, 0.25) is 5.02 Å². The lowest BCUT2D eigenvalue weighted by atomic mass is 9.98. The van der Waals surface area contributed by atoms with Crippen molar-refractivity contribution in [2.75, 3.05) is 7.11 Å². The highest BCUT2D eigenvalue weighted by molar-refractivity contribution is 6.30. The Morgan fingerprint density at radius 2 is 1.47 bits per heavy atom. The van der Waals surface area contributed by atoms with Crippen molar-refractivity contribution in [1.82, 2.24) is 9.88 Å². The smallest absolute Gasteiger partial charge is 0.262 e. The van der Waals surface area contributed by atoms with Gasteiger partial charge in [0, 0.05) is 21.7 Å². The fourth-order valence-electron chi connectivity index (χ4n) is 4.82. The van der Waals surface area contributed by atoms with E-state index >= 15 is 0 Å². The van der Waals surface area contributed by atoms with Crippen LogP contribution in [0.4, 0.5) is 0 Å². The van der Waals surface area contributed by atoms with Crippen molar-refractivity contribution in [2.45, 2.75) is 19.4 Å². The summed E-state index contributed by atoms with van der Waals surface area (Å²) in [6.45, 7) is 1.87. The van der Waals surface area contributed by atoms with Crippen LogP contribution < -0.4 is 10.1 Å². The summed E-state index contributed by atoms with van der Waals surface area (Å²) in [5.74, 6) is 0.320. The molecule has 1 aromatic heterocycles. The lowest BCUT2D eigenvalue weighted by Gasteiger charge is -2.20. The molecule has 0 aliphatic heterocycles. The molecule has 0 radical (unpaired) electrons. The van der Waals surface area contributed by atoms with Crippen molar-refractivity contribution in [1.29, 1.82) is 0 Å². The maximum Gasteiger partial charge on any atom is 0.262 e. The first kappa shape index (κ1) is 25.3. The van der Waals surface area contributed by atoms with Gasteiger partial charge in [0.05, 0.1) is 25.1 Å². The van der Waals surface area contributed by atoms with Gasteiger partial charge in [0.2, 0.25) is 5.91 Å². The number of fused-ring (bicyclic) bond motifs is 1. The first-order valence-corrected chi connectivity index (χ1v) is 12.7. The molecule has 0 spiro atoms. The molecule has 0 unspecified atom stereocenters. The predicted molar refractivity (Wildman–Crippen MR) is 151 cm³/mol. The van der Waals surface area contributed by atoms with Gasteiger partial charge in [-0.1, -0.05) is 72.3 Å². The zero-order chi connectivity index (χ0) is 26.6. The topological polar surface area (TPSA) is 60.3 Å². The second kappa shape index (κ2) is 11.0. The number of methoxy groups -OCH3 is 1. The van der Waals surface area contributed by atoms with Crippen LogP contribution in [0.1, 0.15) is 38.8 Å². The number of hydrogen-bond acceptors (Lipinski definition) is 3. The number of amides is 1. The third-order valence-corrected chi connectivity index (χ3v) is 7.00. The second-order valence-corrected chi connectivity index (χ2v) is 9.53. The van der Waals surface area contributed by atoms with E-state index in [0.29, 0.717) is 27.5 Å². The van der Waals surface area contributed by atoms with Crippen LogP contribution in [0, 0.1) is 6.92 Å². The van der Waals surface area contributed by atoms with Gasteiger partial charge in [0.15, 0.2) is 0 Å². The fraction of sp³-hybridized carbons (Fsp3) is 0.125. The largest absolute Gasteiger partial charge is 0.497 e. The van der Waals surface area contributed by atoms with Gasteiger partial charge in [0.1, 0.15) is 5.75 Å². The van der Waals surface area contributed by atoms with Gasteiger partial charge in [-0.05, 0) is 66.1 Å². The monoisotopic (exact) mass is 522 g/mol. The summed E-state index contributed by atoms with van der Waals surface area (Å²) in [6, 6.07) is 31.8. The maximum atomic E-state index is 13.6. The minimum atomic E-state index is -0.302. The normalized spacial score (nSPS) is 11.1. The molecule has 5 aromatic rings. The van der Waals surface area contributed by atoms with Crippen LogP contribution in [0.3, 0.4) is 0 Å².